The molecular formula is C20H24N6O3. The summed E-state index contributed by atoms with van der Waals surface area (Å²) in [6.07, 6.45) is 0.672. The zero-order valence-electron chi connectivity index (χ0n) is 16.3. The van der Waals surface area contributed by atoms with E-state index in [1.54, 1.807) is 18.2 Å². The predicted octanol–water partition coefficient (Wildman–Crippen LogP) is 2.60. The highest BCUT2D eigenvalue weighted by Crippen LogP contribution is 2.25. The number of hydrogen-bond acceptors (Lipinski definition) is 5. The van der Waals surface area contributed by atoms with Crippen LogP contribution in [0.3, 0.4) is 0 Å². The first-order valence-corrected chi connectivity index (χ1v) is 9.21. The highest BCUT2D eigenvalue weighted by Gasteiger charge is 2.15. The molecule has 3 amide bonds. The Kier molecular flexibility index (Phi) is 6.30. The number of carbonyl (C=O) groups excluding carboxylic acids is 2. The first-order valence-electron chi connectivity index (χ1n) is 9.21. The van der Waals surface area contributed by atoms with Crippen molar-refractivity contribution in [2.24, 2.45) is 5.73 Å². The quantitative estimate of drug-likeness (QED) is 0.391. The standard InChI is InChI=1S/C20H24N6O3/c1-12-5-3-6-15-17(12)18(26-25-15)24-20(28)23-13-7-8-16(29-2)14(11-13)19(27)22-10-4-9-21/h3,5-8,11H,4,9-10,21H2,1-2H3,(H,22,27)(H3,23,24,25,26,28). The summed E-state index contributed by atoms with van der Waals surface area (Å²) in [5.74, 6) is 0.548. The van der Waals surface area contributed by atoms with Gasteiger partial charge in [0.1, 0.15) is 5.75 Å². The minimum Gasteiger partial charge on any atom is -0.496 e. The van der Waals surface area contributed by atoms with Crippen molar-refractivity contribution in [1.29, 1.82) is 0 Å². The Morgan fingerprint density at radius 2 is 2.03 bits per heavy atom. The molecule has 0 unspecified atom stereocenters. The van der Waals surface area contributed by atoms with E-state index in [0.717, 1.165) is 16.5 Å². The van der Waals surface area contributed by atoms with Crippen LogP contribution in [0.25, 0.3) is 10.9 Å². The molecule has 29 heavy (non-hydrogen) atoms. The maximum atomic E-state index is 12.5. The molecular weight excluding hydrogens is 372 g/mol. The molecule has 0 atom stereocenters. The second-order valence-corrected chi connectivity index (χ2v) is 6.46. The van der Waals surface area contributed by atoms with Crippen molar-refractivity contribution < 1.29 is 14.3 Å². The summed E-state index contributed by atoms with van der Waals surface area (Å²) in [7, 11) is 1.48. The van der Waals surface area contributed by atoms with Gasteiger partial charge < -0.3 is 21.1 Å². The van der Waals surface area contributed by atoms with Crippen LogP contribution in [0.2, 0.25) is 0 Å². The number of aryl methyl sites for hydroxylation is 1. The maximum Gasteiger partial charge on any atom is 0.324 e. The van der Waals surface area contributed by atoms with Crippen molar-refractivity contribution in [2.75, 3.05) is 30.8 Å². The van der Waals surface area contributed by atoms with Crippen LogP contribution in [0.4, 0.5) is 16.3 Å². The number of anilines is 2. The number of aromatic amines is 1. The second-order valence-electron chi connectivity index (χ2n) is 6.46. The van der Waals surface area contributed by atoms with Crippen LogP contribution in [0.1, 0.15) is 22.3 Å². The molecule has 9 heteroatoms. The van der Waals surface area contributed by atoms with Crippen molar-refractivity contribution in [3.8, 4) is 5.75 Å². The molecule has 6 N–H and O–H groups in total. The van der Waals surface area contributed by atoms with Crippen LogP contribution in [0.15, 0.2) is 36.4 Å². The minimum absolute atomic E-state index is 0.298. The van der Waals surface area contributed by atoms with E-state index in [2.05, 4.69) is 26.1 Å². The fraction of sp³-hybridized carbons (Fsp3) is 0.250. The number of nitrogens with two attached hydrogens (primary N) is 1. The van der Waals surface area contributed by atoms with Gasteiger partial charge in [-0.15, -0.1) is 0 Å². The Labute approximate surface area is 168 Å². The molecule has 0 aliphatic carbocycles. The Balaban J connectivity index is 1.74. The SMILES string of the molecule is COc1ccc(NC(=O)Nc2n[nH]c3cccc(C)c23)cc1C(=O)NCCCN. The van der Waals surface area contributed by atoms with Gasteiger partial charge in [0, 0.05) is 17.6 Å². The summed E-state index contributed by atoms with van der Waals surface area (Å²) in [6, 6.07) is 10.1. The van der Waals surface area contributed by atoms with Gasteiger partial charge in [-0.25, -0.2) is 4.79 Å². The summed E-state index contributed by atoms with van der Waals surface area (Å²) >= 11 is 0. The summed E-state index contributed by atoms with van der Waals surface area (Å²) in [6.45, 7) is 2.89. The molecule has 0 saturated heterocycles. The lowest BCUT2D eigenvalue weighted by Gasteiger charge is -2.12. The summed E-state index contributed by atoms with van der Waals surface area (Å²) in [5, 5.41) is 16.1. The van der Waals surface area contributed by atoms with Crippen molar-refractivity contribution >= 4 is 34.3 Å². The number of hydrogen-bond donors (Lipinski definition) is 5. The molecule has 0 aliphatic rings. The Bertz CT molecular complexity index is 1030. The molecule has 0 aliphatic heterocycles. The molecule has 2 aromatic carbocycles. The summed E-state index contributed by atoms with van der Waals surface area (Å²) in [5.41, 5.74) is 8.05. The third-order valence-electron chi connectivity index (χ3n) is 4.40. The minimum atomic E-state index is -0.471. The van der Waals surface area contributed by atoms with Crippen molar-refractivity contribution in [1.82, 2.24) is 15.5 Å². The summed E-state index contributed by atoms with van der Waals surface area (Å²) < 4.78 is 5.25. The van der Waals surface area contributed by atoms with Gasteiger partial charge in [-0.2, -0.15) is 5.10 Å². The Morgan fingerprint density at radius 3 is 2.79 bits per heavy atom. The third kappa shape index (κ3) is 4.64. The number of ether oxygens (including phenoxy) is 1. The average molecular weight is 396 g/mol. The van der Waals surface area contributed by atoms with Crippen molar-refractivity contribution in [2.45, 2.75) is 13.3 Å². The van der Waals surface area contributed by atoms with Crippen LogP contribution in [0, 0.1) is 6.92 Å². The summed E-state index contributed by atoms with van der Waals surface area (Å²) in [4.78, 5) is 24.9. The van der Waals surface area contributed by atoms with Crippen LogP contribution in [-0.4, -0.2) is 42.3 Å². The average Bonchev–Trinajstić information content (AvgIpc) is 3.12. The molecule has 9 nitrogen and oxygen atoms in total. The van der Waals surface area contributed by atoms with Crippen LogP contribution in [-0.2, 0) is 0 Å². The number of carbonyl (C=O) groups is 2. The van der Waals surface area contributed by atoms with Gasteiger partial charge >= 0.3 is 6.03 Å². The number of rotatable bonds is 7. The predicted molar refractivity (Wildman–Crippen MR) is 112 cm³/mol. The van der Waals surface area contributed by atoms with Crippen LogP contribution < -0.4 is 26.4 Å². The van der Waals surface area contributed by atoms with E-state index in [9.17, 15) is 9.59 Å². The van der Waals surface area contributed by atoms with Gasteiger partial charge in [0.05, 0.1) is 18.2 Å². The number of nitrogens with one attached hydrogen (secondary N) is 4. The molecule has 1 heterocycles. The highest BCUT2D eigenvalue weighted by molar-refractivity contribution is 6.06. The maximum absolute atomic E-state index is 12.5. The lowest BCUT2D eigenvalue weighted by atomic mass is 10.1. The van der Waals surface area contributed by atoms with E-state index >= 15 is 0 Å². The number of H-pyrrole nitrogens is 1. The Morgan fingerprint density at radius 1 is 1.21 bits per heavy atom. The number of amides is 3. The van der Waals surface area contributed by atoms with Gasteiger partial charge in [-0.05, 0) is 49.7 Å². The van der Waals surface area contributed by atoms with Gasteiger partial charge in [0.15, 0.2) is 5.82 Å². The molecule has 152 valence electrons. The van der Waals surface area contributed by atoms with Crippen LogP contribution in [0.5, 0.6) is 5.75 Å². The van der Waals surface area contributed by atoms with Crippen molar-refractivity contribution in [3.05, 3.63) is 47.5 Å². The largest absolute Gasteiger partial charge is 0.496 e. The first-order chi connectivity index (χ1) is 14.0. The third-order valence-corrected chi connectivity index (χ3v) is 4.40. The molecule has 0 radical (unpaired) electrons. The normalized spacial score (nSPS) is 10.6. The van der Waals surface area contributed by atoms with E-state index in [-0.39, 0.29) is 5.91 Å². The van der Waals surface area contributed by atoms with Gasteiger partial charge in [0.25, 0.3) is 5.91 Å². The lowest BCUT2D eigenvalue weighted by molar-refractivity contribution is 0.0950. The van der Waals surface area contributed by atoms with Gasteiger partial charge in [-0.3, -0.25) is 15.2 Å². The number of urea groups is 1. The van der Waals surface area contributed by atoms with E-state index in [1.165, 1.54) is 7.11 Å². The molecule has 0 spiro atoms. The van der Waals surface area contributed by atoms with Crippen LogP contribution >= 0.6 is 0 Å². The zero-order valence-corrected chi connectivity index (χ0v) is 16.3. The molecule has 0 saturated carbocycles. The molecule has 0 bridgehead atoms. The monoisotopic (exact) mass is 396 g/mol. The van der Waals surface area contributed by atoms with E-state index in [0.29, 0.717) is 42.3 Å². The van der Waals surface area contributed by atoms with E-state index in [4.69, 9.17) is 10.5 Å². The zero-order chi connectivity index (χ0) is 20.8. The van der Waals surface area contributed by atoms with Gasteiger partial charge in [0.2, 0.25) is 0 Å². The molecule has 0 fully saturated rings. The van der Waals surface area contributed by atoms with Gasteiger partial charge in [-0.1, -0.05) is 12.1 Å². The lowest BCUT2D eigenvalue weighted by Crippen LogP contribution is -2.26. The van der Waals surface area contributed by atoms with E-state index in [1.807, 2.05) is 25.1 Å². The number of aromatic nitrogens is 2. The molecule has 1 aromatic heterocycles. The molecule has 3 rings (SSSR count). The molecule has 3 aromatic rings. The highest BCUT2D eigenvalue weighted by atomic mass is 16.5. The first kappa shape index (κ1) is 20.2. The number of nitrogens with zero attached hydrogens (tertiary/aromatic N) is 1. The smallest absolute Gasteiger partial charge is 0.324 e. The fourth-order valence-electron chi connectivity index (χ4n) is 2.97. The fourth-order valence-corrected chi connectivity index (χ4v) is 2.97. The van der Waals surface area contributed by atoms with E-state index < -0.39 is 6.03 Å². The Hall–Kier alpha value is -3.59. The number of benzene rings is 2. The number of fused-ring (bicyclic) bond motifs is 1. The second kappa shape index (κ2) is 9.07. The van der Waals surface area contributed by atoms with Crippen molar-refractivity contribution in [3.63, 3.8) is 0 Å². The topological polar surface area (TPSA) is 134 Å². The number of methoxy groups -OCH3 is 1.